The van der Waals surface area contributed by atoms with E-state index in [9.17, 15) is 4.79 Å². The third-order valence-corrected chi connectivity index (χ3v) is 4.79. The summed E-state index contributed by atoms with van der Waals surface area (Å²) in [7, 11) is 0. The maximum atomic E-state index is 13.1. The highest BCUT2D eigenvalue weighted by atomic mass is 16.6. The number of nitrogens with two attached hydrogens (primary N) is 1. The molecule has 4 aromatic rings. The van der Waals surface area contributed by atoms with Crippen LogP contribution in [0.15, 0.2) is 58.3 Å². The number of hydrazone groups is 1. The quantitative estimate of drug-likeness (QED) is 0.325. The molecule has 0 fully saturated rings. The summed E-state index contributed by atoms with van der Waals surface area (Å²) < 4.78 is 11.6. The van der Waals surface area contributed by atoms with Gasteiger partial charge in [-0.15, -0.1) is 5.10 Å². The predicted molar refractivity (Wildman–Crippen MR) is 121 cm³/mol. The van der Waals surface area contributed by atoms with Crippen molar-refractivity contribution >= 4 is 17.4 Å². The third-order valence-electron chi connectivity index (χ3n) is 4.79. The first-order chi connectivity index (χ1) is 16.0. The molecule has 0 spiro atoms. The molecule has 0 radical (unpaired) electrons. The molecule has 168 valence electrons. The lowest BCUT2D eigenvalue weighted by Crippen LogP contribution is -2.21. The first-order valence-electron chi connectivity index (χ1n) is 10.2. The number of nitrogens with one attached hydrogen (secondary N) is 1. The lowest BCUT2D eigenvalue weighted by atomic mass is 10.1. The van der Waals surface area contributed by atoms with Gasteiger partial charge in [0.05, 0.1) is 12.3 Å². The van der Waals surface area contributed by atoms with Gasteiger partial charge in [-0.1, -0.05) is 47.2 Å². The summed E-state index contributed by atoms with van der Waals surface area (Å²) in [6, 6.07) is 15.0. The molecule has 3 N–H and O–H groups in total. The molecule has 11 heteroatoms. The number of ether oxygens (including phenoxy) is 1. The Morgan fingerprint density at radius 2 is 2.00 bits per heavy atom. The van der Waals surface area contributed by atoms with Crippen molar-refractivity contribution in [2.45, 2.75) is 20.8 Å². The number of rotatable bonds is 7. The van der Waals surface area contributed by atoms with Crippen LogP contribution in [0, 0.1) is 6.92 Å². The number of aryl methyl sites for hydroxylation is 1. The molecule has 1 amide bonds. The number of anilines is 1. The Labute approximate surface area is 189 Å². The van der Waals surface area contributed by atoms with E-state index in [-0.39, 0.29) is 17.3 Å². The van der Waals surface area contributed by atoms with Gasteiger partial charge >= 0.3 is 0 Å². The normalized spacial score (nSPS) is 11.4. The summed E-state index contributed by atoms with van der Waals surface area (Å²) in [4.78, 5) is 13.1. The van der Waals surface area contributed by atoms with Gasteiger partial charge in [0.15, 0.2) is 5.69 Å². The molecule has 0 saturated heterocycles. The zero-order valence-electron chi connectivity index (χ0n) is 18.3. The Bertz CT molecular complexity index is 1310. The Morgan fingerprint density at radius 1 is 1.21 bits per heavy atom. The Kier molecular flexibility index (Phi) is 6.11. The largest absolute Gasteiger partial charge is 0.494 e. The lowest BCUT2D eigenvalue weighted by molar-refractivity contribution is 0.0950. The lowest BCUT2D eigenvalue weighted by Gasteiger charge is -2.08. The minimum Gasteiger partial charge on any atom is -0.494 e. The molecule has 2 aromatic heterocycles. The molecule has 0 bridgehead atoms. The van der Waals surface area contributed by atoms with Crippen LogP contribution in [0.3, 0.4) is 0 Å². The van der Waals surface area contributed by atoms with Gasteiger partial charge in [-0.05, 0) is 48.8 Å². The second-order valence-electron chi connectivity index (χ2n) is 7.14. The number of aromatic nitrogens is 5. The van der Waals surface area contributed by atoms with Crippen molar-refractivity contribution in [1.82, 2.24) is 30.7 Å². The van der Waals surface area contributed by atoms with E-state index in [0.29, 0.717) is 29.3 Å². The van der Waals surface area contributed by atoms with Crippen LogP contribution in [-0.4, -0.2) is 43.5 Å². The van der Waals surface area contributed by atoms with Crippen molar-refractivity contribution < 1.29 is 14.2 Å². The number of benzene rings is 2. The van der Waals surface area contributed by atoms with Gasteiger partial charge in [-0.2, -0.15) is 9.78 Å². The fourth-order valence-electron chi connectivity index (χ4n) is 3.13. The van der Waals surface area contributed by atoms with Gasteiger partial charge in [-0.25, -0.2) is 10.1 Å². The van der Waals surface area contributed by atoms with Gasteiger partial charge in [-0.3, -0.25) is 4.79 Å². The van der Waals surface area contributed by atoms with Gasteiger partial charge in [0.1, 0.15) is 11.4 Å². The molecule has 4 rings (SSSR count). The molecule has 2 heterocycles. The molecule has 33 heavy (non-hydrogen) atoms. The average Bonchev–Trinajstić information content (AvgIpc) is 3.44. The zero-order valence-corrected chi connectivity index (χ0v) is 18.3. The number of nitrogens with zero attached hydrogens (tertiary/aromatic N) is 6. The molecular weight excluding hydrogens is 424 g/mol. The van der Waals surface area contributed by atoms with E-state index in [0.717, 1.165) is 11.1 Å². The predicted octanol–water partition coefficient (Wildman–Crippen LogP) is 2.76. The number of hydrogen-bond acceptors (Lipinski definition) is 9. The summed E-state index contributed by atoms with van der Waals surface area (Å²) in [6.07, 6.45) is 0. The first kappa shape index (κ1) is 21.7. The van der Waals surface area contributed by atoms with E-state index in [1.54, 1.807) is 25.1 Å². The number of carbonyl (C=O) groups is 1. The van der Waals surface area contributed by atoms with Crippen molar-refractivity contribution in [3.05, 3.63) is 65.4 Å². The zero-order chi connectivity index (χ0) is 23.4. The Balaban J connectivity index is 1.72. The van der Waals surface area contributed by atoms with Gasteiger partial charge < -0.3 is 10.5 Å². The minimum atomic E-state index is -0.556. The summed E-state index contributed by atoms with van der Waals surface area (Å²) in [5, 5.41) is 19.7. The van der Waals surface area contributed by atoms with Crippen LogP contribution in [0.25, 0.3) is 17.1 Å². The molecule has 11 nitrogen and oxygen atoms in total. The average molecular weight is 446 g/mol. The van der Waals surface area contributed by atoms with E-state index in [1.807, 2.05) is 44.2 Å². The topological polar surface area (TPSA) is 146 Å². The third kappa shape index (κ3) is 4.56. The molecular formula is C22H22N8O3. The molecule has 0 aliphatic heterocycles. The van der Waals surface area contributed by atoms with Gasteiger partial charge in [0, 0.05) is 5.56 Å². The van der Waals surface area contributed by atoms with Crippen LogP contribution < -0.4 is 15.9 Å². The summed E-state index contributed by atoms with van der Waals surface area (Å²) in [5.41, 5.74) is 12.0. The van der Waals surface area contributed by atoms with E-state index in [1.165, 1.54) is 4.68 Å². The molecule has 0 aliphatic carbocycles. The van der Waals surface area contributed by atoms with E-state index >= 15 is 0 Å². The molecule has 0 aliphatic rings. The highest BCUT2D eigenvalue weighted by Crippen LogP contribution is 2.29. The second-order valence-corrected chi connectivity index (χ2v) is 7.14. The fraction of sp³-hybridized carbons (Fsp3) is 0.182. The highest BCUT2D eigenvalue weighted by Gasteiger charge is 2.25. The Hall–Kier alpha value is -4.54. The maximum Gasteiger partial charge on any atom is 0.294 e. The van der Waals surface area contributed by atoms with Crippen LogP contribution in [0.1, 0.15) is 35.5 Å². The maximum absolute atomic E-state index is 13.1. The van der Waals surface area contributed by atoms with Crippen LogP contribution in [0.4, 0.5) is 5.82 Å². The number of hydrogen-bond donors (Lipinski definition) is 2. The number of amides is 1. The van der Waals surface area contributed by atoms with Crippen molar-refractivity contribution in [2.75, 3.05) is 12.3 Å². The summed E-state index contributed by atoms with van der Waals surface area (Å²) >= 11 is 0. The second kappa shape index (κ2) is 9.30. The summed E-state index contributed by atoms with van der Waals surface area (Å²) in [6.45, 7) is 6.17. The van der Waals surface area contributed by atoms with Crippen LogP contribution in [0.5, 0.6) is 5.75 Å². The SMILES string of the molecule is CCOc1cccc(-c2c(C(=O)N/N=C(/C)c3ccc(C)cc3)nnn2-c2nonc2N)c1. The van der Waals surface area contributed by atoms with E-state index in [4.69, 9.17) is 15.1 Å². The molecule has 0 unspecified atom stereocenters. The number of carbonyl (C=O) groups excluding carboxylic acids is 1. The van der Waals surface area contributed by atoms with Crippen LogP contribution in [-0.2, 0) is 0 Å². The van der Waals surface area contributed by atoms with Crippen molar-refractivity contribution in [1.29, 1.82) is 0 Å². The first-order valence-corrected chi connectivity index (χ1v) is 10.2. The highest BCUT2D eigenvalue weighted by molar-refractivity contribution is 6.02. The van der Waals surface area contributed by atoms with Crippen molar-refractivity contribution in [3.63, 3.8) is 0 Å². The molecule has 0 saturated carbocycles. The molecule has 2 aromatic carbocycles. The van der Waals surface area contributed by atoms with Crippen LogP contribution in [0.2, 0.25) is 0 Å². The summed E-state index contributed by atoms with van der Waals surface area (Å²) in [5.74, 6) is 0.174. The fourth-order valence-corrected chi connectivity index (χ4v) is 3.13. The Morgan fingerprint density at radius 3 is 2.70 bits per heavy atom. The number of nitrogen functional groups attached to an aromatic ring is 1. The van der Waals surface area contributed by atoms with Crippen molar-refractivity contribution in [3.8, 4) is 22.8 Å². The van der Waals surface area contributed by atoms with Crippen LogP contribution >= 0.6 is 0 Å². The van der Waals surface area contributed by atoms with E-state index in [2.05, 4.69) is 31.2 Å². The molecule has 0 atom stereocenters. The standard InChI is InChI=1S/C22H22N8O3/c1-4-32-17-7-5-6-16(12-17)19-18(25-29-30(19)21-20(23)27-33-28-21)22(31)26-24-14(3)15-10-8-13(2)9-11-15/h5-12H,4H2,1-3H3,(H2,23,27)(H,26,31)/b24-14-. The van der Waals surface area contributed by atoms with Gasteiger partial charge in [0.25, 0.3) is 5.91 Å². The van der Waals surface area contributed by atoms with Crippen molar-refractivity contribution in [2.24, 2.45) is 5.10 Å². The smallest absolute Gasteiger partial charge is 0.294 e. The van der Waals surface area contributed by atoms with Gasteiger partial charge in [0.2, 0.25) is 11.6 Å². The van der Waals surface area contributed by atoms with E-state index < -0.39 is 5.91 Å². The minimum absolute atomic E-state index is 0.00214. The monoisotopic (exact) mass is 446 g/mol.